The predicted octanol–water partition coefficient (Wildman–Crippen LogP) is 3.29. The lowest BCUT2D eigenvalue weighted by atomic mass is 10.1. The number of halogens is 2. The van der Waals surface area contributed by atoms with Crippen LogP contribution in [-0.4, -0.2) is 10.2 Å². The molecule has 20 heavy (non-hydrogen) atoms. The van der Waals surface area contributed by atoms with Crippen LogP contribution in [0.4, 0.5) is 8.78 Å². The molecule has 1 aliphatic carbocycles. The highest BCUT2D eigenvalue weighted by molar-refractivity contribution is 7.11. The Morgan fingerprint density at radius 2 is 1.90 bits per heavy atom. The highest BCUT2D eigenvalue weighted by atomic mass is 32.1. The average molecular weight is 295 g/mol. The normalized spacial score (nSPS) is 14.8. The van der Waals surface area contributed by atoms with E-state index in [1.807, 2.05) is 0 Å². The molecule has 1 aromatic heterocycles. The van der Waals surface area contributed by atoms with Crippen LogP contribution in [0.5, 0.6) is 0 Å². The van der Waals surface area contributed by atoms with Crippen LogP contribution >= 0.6 is 11.3 Å². The van der Waals surface area contributed by atoms with Gasteiger partial charge in [0, 0.05) is 24.6 Å². The van der Waals surface area contributed by atoms with Crippen molar-refractivity contribution >= 4 is 11.3 Å². The lowest BCUT2D eigenvalue weighted by molar-refractivity contribution is 0.533. The van der Waals surface area contributed by atoms with Crippen molar-refractivity contribution in [3.8, 4) is 0 Å². The molecule has 1 fully saturated rings. The molecule has 3 rings (SSSR count). The molecular weight excluding hydrogens is 280 g/mol. The standard InChI is InChI=1S/C14H15F2N3S/c1-8-4-11(15)10(12(16)5-8)6-17-7-13-18-19-14(20-13)9-2-3-9/h4-5,9,17H,2-3,6-7H2,1H3. The maximum Gasteiger partial charge on any atom is 0.131 e. The Balaban J connectivity index is 1.59. The molecule has 0 spiro atoms. The van der Waals surface area contributed by atoms with E-state index in [2.05, 4.69) is 15.5 Å². The maximum absolute atomic E-state index is 13.6. The molecule has 0 saturated heterocycles. The molecule has 1 saturated carbocycles. The summed E-state index contributed by atoms with van der Waals surface area (Å²) in [6, 6.07) is 2.69. The molecule has 0 atom stereocenters. The first-order valence-corrected chi connectivity index (χ1v) is 7.42. The number of rotatable bonds is 5. The molecule has 3 nitrogen and oxygen atoms in total. The van der Waals surface area contributed by atoms with Gasteiger partial charge in [0.25, 0.3) is 0 Å². The van der Waals surface area contributed by atoms with Crippen molar-refractivity contribution in [1.29, 1.82) is 0 Å². The minimum atomic E-state index is -0.508. The largest absolute Gasteiger partial charge is 0.306 e. The molecule has 106 valence electrons. The van der Waals surface area contributed by atoms with Gasteiger partial charge in [-0.3, -0.25) is 0 Å². The number of hydrogen-bond acceptors (Lipinski definition) is 4. The SMILES string of the molecule is Cc1cc(F)c(CNCc2nnc(C3CC3)s2)c(F)c1. The van der Waals surface area contributed by atoms with Crippen LogP contribution in [0.1, 0.15) is 39.9 Å². The molecule has 0 unspecified atom stereocenters. The number of hydrogen-bond donors (Lipinski definition) is 1. The van der Waals surface area contributed by atoms with Crippen molar-refractivity contribution in [3.63, 3.8) is 0 Å². The summed E-state index contributed by atoms with van der Waals surface area (Å²) in [5.74, 6) is -0.426. The third-order valence-corrected chi connectivity index (χ3v) is 4.36. The van der Waals surface area contributed by atoms with Gasteiger partial charge in [-0.15, -0.1) is 10.2 Å². The van der Waals surface area contributed by atoms with Gasteiger partial charge < -0.3 is 5.32 Å². The van der Waals surface area contributed by atoms with E-state index in [4.69, 9.17) is 0 Å². The first kappa shape index (κ1) is 13.6. The fourth-order valence-electron chi connectivity index (χ4n) is 2.03. The lowest BCUT2D eigenvalue weighted by Gasteiger charge is -2.06. The summed E-state index contributed by atoms with van der Waals surface area (Å²) in [4.78, 5) is 0. The number of nitrogens with zero attached hydrogens (tertiary/aromatic N) is 2. The maximum atomic E-state index is 13.6. The van der Waals surface area contributed by atoms with Crippen LogP contribution in [-0.2, 0) is 13.1 Å². The van der Waals surface area contributed by atoms with E-state index in [1.54, 1.807) is 18.3 Å². The highest BCUT2D eigenvalue weighted by Gasteiger charge is 2.27. The van der Waals surface area contributed by atoms with Gasteiger partial charge in [-0.1, -0.05) is 11.3 Å². The number of benzene rings is 1. The van der Waals surface area contributed by atoms with Gasteiger partial charge >= 0.3 is 0 Å². The monoisotopic (exact) mass is 295 g/mol. The summed E-state index contributed by atoms with van der Waals surface area (Å²) < 4.78 is 27.3. The van der Waals surface area contributed by atoms with Gasteiger partial charge in [0.15, 0.2) is 0 Å². The molecule has 0 bridgehead atoms. The average Bonchev–Trinajstić information content (AvgIpc) is 3.13. The Kier molecular flexibility index (Phi) is 3.76. The fourth-order valence-corrected chi connectivity index (χ4v) is 3.01. The zero-order chi connectivity index (χ0) is 14.1. The highest BCUT2D eigenvalue weighted by Crippen LogP contribution is 2.41. The van der Waals surface area contributed by atoms with E-state index in [9.17, 15) is 8.78 Å². The van der Waals surface area contributed by atoms with Crippen molar-refractivity contribution in [2.45, 2.75) is 38.8 Å². The third-order valence-electron chi connectivity index (χ3n) is 3.27. The molecular formula is C14H15F2N3S. The van der Waals surface area contributed by atoms with Crippen LogP contribution in [0.15, 0.2) is 12.1 Å². The van der Waals surface area contributed by atoms with E-state index in [-0.39, 0.29) is 12.1 Å². The Hall–Kier alpha value is -1.40. The Bertz CT molecular complexity index is 600. The Morgan fingerprint density at radius 3 is 2.55 bits per heavy atom. The zero-order valence-electron chi connectivity index (χ0n) is 11.1. The van der Waals surface area contributed by atoms with Crippen molar-refractivity contribution in [1.82, 2.24) is 15.5 Å². The summed E-state index contributed by atoms with van der Waals surface area (Å²) in [7, 11) is 0. The molecule has 1 heterocycles. The van der Waals surface area contributed by atoms with Gasteiger partial charge in [0.1, 0.15) is 21.6 Å². The number of aromatic nitrogens is 2. The minimum Gasteiger partial charge on any atom is -0.306 e. The second kappa shape index (κ2) is 5.54. The smallest absolute Gasteiger partial charge is 0.131 e. The van der Waals surface area contributed by atoms with Crippen molar-refractivity contribution < 1.29 is 8.78 Å². The van der Waals surface area contributed by atoms with Crippen molar-refractivity contribution in [3.05, 3.63) is 44.9 Å². The zero-order valence-corrected chi connectivity index (χ0v) is 11.9. The van der Waals surface area contributed by atoms with Crippen LogP contribution in [0.25, 0.3) is 0 Å². The second-order valence-electron chi connectivity index (χ2n) is 5.12. The van der Waals surface area contributed by atoms with Crippen LogP contribution in [0.3, 0.4) is 0 Å². The molecule has 0 aliphatic heterocycles. The van der Waals surface area contributed by atoms with E-state index in [0.717, 1.165) is 10.0 Å². The van der Waals surface area contributed by atoms with Gasteiger partial charge in [0.05, 0.1) is 0 Å². The van der Waals surface area contributed by atoms with E-state index >= 15 is 0 Å². The first-order chi connectivity index (χ1) is 9.63. The summed E-state index contributed by atoms with van der Waals surface area (Å²) in [5.41, 5.74) is 0.657. The molecule has 6 heteroatoms. The quantitative estimate of drug-likeness (QED) is 0.920. The number of nitrogens with one attached hydrogen (secondary N) is 1. The third kappa shape index (κ3) is 3.02. The van der Waals surface area contributed by atoms with Crippen molar-refractivity contribution in [2.24, 2.45) is 0 Å². The number of aryl methyl sites for hydroxylation is 1. The molecule has 1 N–H and O–H groups in total. The van der Waals surface area contributed by atoms with Gasteiger partial charge in [0.2, 0.25) is 0 Å². The minimum absolute atomic E-state index is 0.0718. The van der Waals surface area contributed by atoms with Crippen LogP contribution in [0.2, 0.25) is 0 Å². The summed E-state index contributed by atoms with van der Waals surface area (Å²) in [5, 5.41) is 13.2. The summed E-state index contributed by atoms with van der Waals surface area (Å²) >= 11 is 1.58. The van der Waals surface area contributed by atoms with E-state index in [1.165, 1.54) is 25.0 Å². The first-order valence-electron chi connectivity index (χ1n) is 6.61. The van der Waals surface area contributed by atoms with Crippen molar-refractivity contribution in [2.75, 3.05) is 0 Å². The van der Waals surface area contributed by atoms with Gasteiger partial charge in [-0.05, 0) is 37.5 Å². The predicted molar refractivity (Wildman–Crippen MR) is 73.5 cm³/mol. The Labute approximate surface area is 120 Å². The lowest BCUT2D eigenvalue weighted by Crippen LogP contribution is -2.15. The fraction of sp³-hybridized carbons (Fsp3) is 0.429. The molecule has 2 aromatic rings. The van der Waals surface area contributed by atoms with Crippen LogP contribution < -0.4 is 5.32 Å². The molecule has 1 aromatic carbocycles. The second-order valence-corrected chi connectivity index (χ2v) is 6.21. The molecule has 0 amide bonds. The molecule has 1 aliphatic rings. The van der Waals surface area contributed by atoms with Gasteiger partial charge in [-0.2, -0.15) is 0 Å². The van der Waals surface area contributed by atoms with Gasteiger partial charge in [-0.25, -0.2) is 8.78 Å². The molecule has 0 radical (unpaired) electrons. The Morgan fingerprint density at radius 1 is 1.20 bits per heavy atom. The summed E-state index contributed by atoms with van der Waals surface area (Å²) in [6.07, 6.45) is 2.39. The van der Waals surface area contributed by atoms with E-state index < -0.39 is 11.6 Å². The topological polar surface area (TPSA) is 37.8 Å². The van der Waals surface area contributed by atoms with Crippen LogP contribution in [0, 0.1) is 18.6 Å². The summed E-state index contributed by atoms with van der Waals surface area (Å²) in [6.45, 7) is 2.30. The van der Waals surface area contributed by atoms with E-state index in [0.29, 0.717) is 18.0 Å².